The van der Waals surface area contributed by atoms with Crippen molar-refractivity contribution in [1.29, 1.82) is 0 Å². The molecule has 0 saturated carbocycles. The summed E-state index contributed by atoms with van der Waals surface area (Å²) in [6.07, 6.45) is 4.64. The van der Waals surface area contributed by atoms with Gasteiger partial charge in [0, 0.05) is 22.6 Å². The molecule has 2 N–H and O–H groups in total. The lowest BCUT2D eigenvalue weighted by Gasteiger charge is -2.13. The Morgan fingerprint density at radius 1 is 1.33 bits per heavy atom. The first kappa shape index (κ1) is 14.2. The van der Waals surface area contributed by atoms with Crippen LogP contribution >= 0.6 is 15.9 Å². The number of hydrogen-bond acceptors (Lipinski definition) is 3. The molecule has 3 rings (SSSR count). The van der Waals surface area contributed by atoms with E-state index >= 15 is 0 Å². The third kappa shape index (κ3) is 2.99. The van der Waals surface area contributed by atoms with Crippen LogP contribution in [0.5, 0.6) is 0 Å². The average Bonchev–Trinajstić information content (AvgIpc) is 2.94. The number of fused-ring (bicyclic) bond motifs is 1. The second-order valence-electron chi connectivity index (χ2n) is 5.06. The van der Waals surface area contributed by atoms with Gasteiger partial charge in [-0.15, -0.1) is 0 Å². The first-order valence-electron chi connectivity index (χ1n) is 6.99. The van der Waals surface area contributed by atoms with Gasteiger partial charge in [-0.2, -0.15) is 5.10 Å². The molecule has 4 nitrogen and oxygen atoms in total. The molecule has 0 saturated heterocycles. The number of hydrogen-bond donors (Lipinski definition) is 1. The van der Waals surface area contributed by atoms with Gasteiger partial charge in [-0.1, -0.05) is 18.2 Å². The van der Waals surface area contributed by atoms with Crippen LogP contribution in [0.4, 0.5) is 0 Å². The highest BCUT2D eigenvalue weighted by molar-refractivity contribution is 9.10. The van der Waals surface area contributed by atoms with Gasteiger partial charge in [-0.05, 0) is 47.0 Å². The fourth-order valence-electron chi connectivity index (χ4n) is 2.40. The average molecular weight is 345 g/mol. The molecular formula is C16H17BrN4. The lowest BCUT2D eigenvalue weighted by atomic mass is 10.1. The van der Waals surface area contributed by atoms with Crippen molar-refractivity contribution in [3.63, 3.8) is 0 Å². The molecule has 21 heavy (non-hydrogen) atoms. The second kappa shape index (κ2) is 5.95. The minimum atomic E-state index is -0.154. The summed E-state index contributed by atoms with van der Waals surface area (Å²) in [5.41, 5.74) is 9.33. The number of rotatable bonds is 4. The van der Waals surface area contributed by atoms with E-state index in [9.17, 15) is 0 Å². The van der Waals surface area contributed by atoms with Crippen LogP contribution in [0.15, 0.2) is 47.2 Å². The highest BCUT2D eigenvalue weighted by atomic mass is 79.9. The molecule has 0 fully saturated rings. The van der Waals surface area contributed by atoms with Crippen molar-refractivity contribution in [3.8, 4) is 0 Å². The molecule has 0 bridgehead atoms. The fourth-order valence-corrected chi connectivity index (χ4v) is 3.03. The van der Waals surface area contributed by atoms with Gasteiger partial charge in [0.1, 0.15) is 0 Å². The van der Waals surface area contributed by atoms with Crippen molar-refractivity contribution < 1.29 is 0 Å². The number of nitrogens with zero attached hydrogens (tertiary/aromatic N) is 3. The van der Waals surface area contributed by atoms with Gasteiger partial charge >= 0.3 is 0 Å². The first-order chi connectivity index (χ1) is 10.2. The topological polar surface area (TPSA) is 56.7 Å². The zero-order chi connectivity index (χ0) is 14.8. The van der Waals surface area contributed by atoms with Gasteiger partial charge in [0.15, 0.2) is 0 Å². The number of benzene rings is 1. The van der Waals surface area contributed by atoms with Crippen LogP contribution in [0.25, 0.3) is 10.9 Å². The monoisotopic (exact) mass is 344 g/mol. The minimum absolute atomic E-state index is 0.154. The maximum atomic E-state index is 6.34. The molecule has 0 spiro atoms. The zero-order valence-electron chi connectivity index (χ0n) is 11.8. The highest BCUT2D eigenvalue weighted by Gasteiger charge is 2.14. The van der Waals surface area contributed by atoms with E-state index in [4.69, 9.17) is 10.7 Å². The molecule has 1 aromatic carbocycles. The predicted molar refractivity (Wildman–Crippen MR) is 88.0 cm³/mol. The number of pyridine rings is 1. The van der Waals surface area contributed by atoms with Crippen molar-refractivity contribution in [1.82, 2.24) is 14.8 Å². The second-order valence-corrected chi connectivity index (χ2v) is 5.92. The Morgan fingerprint density at radius 3 is 2.90 bits per heavy atom. The van der Waals surface area contributed by atoms with Crippen LogP contribution in [-0.4, -0.2) is 14.8 Å². The molecule has 1 unspecified atom stereocenters. The molecule has 0 aliphatic rings. The molecule has 108 valence electrons. The largest absolute Gasteiger partial charge is 0.322 e. The van der Waals surface area contributed by atoms with Crippen LogP contribution in [0.1, 0.15) is 24.2 Å². The van der Waals surface area contributed by atoms with E-state index in [1.165, 1.54) is 0 Å². The Kier molecular flexibility index (Phi) is 4.03. The van der Waals surface area contributed by atoms with E-state index in [1.807, 2.05) is 41.3 Å². The summed E-state index contributed by atoms with van der Waals surface area (Å²) in [5, 5.41) is 5.39. The van der Waals surface area contributed by atoms with Crippen molar-refractivity contribution in [2.75, 3.05) is 0 Å². The first-order valence-corrected chi connectivity index (χ1v) is 7.78. The highest BCUT2D eigenvalue weighted by Crippen LogP contribution is 2.26. The summed E-state index contributed by atoms with van der Waals surface area (Å²) in [5.74, 6) is 0. The zero-order valence-corrected chi connectivity index (χ0v) is 13.4. The molecule has 2 aromatic heterocycles. The van der Waals surface area contributed by atoms with Gasteiger partial charge < -0.3 is 5.73 Å². The van der Waals surface area contributed by atoms with E-state index in [-0.39, 0.29) is 6.04 Å². The molecular weight excluding hydrogens is 328 g/mol. The number of para-hydroxylation sites is 1. The SMILES string of the molecule is CCn1cc(CC(N)c2nc3ccccc3cc2Br)cn1. The van der Waals surface area contributed by atoms with E-state index < -0.39 is 0 Å². The van der Waals surface area contributed by atoms with Crippen molar-refractivity contribution in [3.05, 3.63) is 58.5 Å². The standard InChI is InChI=1S/C16H17BrN4/c1-2-21-10-11(9-19-21)7-14(18)16-13(17)8-12-5-3-4-6-15(12)20-16/h3-6,8-10,14H,2,7,18H2,1H3. The third-order valence-corrected chi connectivity index (χ3v) is 4.16. The van der Waals surface area contributed by atoms with E-state index in [0.717, 1.165) is 39.6 Å². The molecule has 0 aliphatic heterocycles. The quantitative estimate of drug-likeness (QED) is 0.788. The van der Waals surface area contributed by atoms with Crippen molar-refractivity contribution in [2.24, 2.45) is 5.73 Å². The van der Waals surface area contributed by atoms with Crippen LogP contribution < -0.4 is 5.73 Å². The molecule has 0 amide bonds. The Bertz CT molecular complexity index is 766. The normalized spacial score (nSPS) is 12.7. The summed E-state index contributed by atoms with van der Waals surface area (Å²) in [6.45, 7) is 2.94. The smallest absolute Gasteiger partial charge is 0.0723 e. The lowest BCUT2D eigenvalue weighted by molar-refractivity contribution is 0.656. The molecule has 0 aliphatic carbocycles. The number of halogens is 1. The van der Waals surface area contributed by atoms with Crippen LogP contribution in [-0.2, 0) is 13.0 Å². The Labute approximate surface area is 132 Å². The van der Waals surface area contributed by atoms with Crippen molar-refractivity contribution in [2.45, 2.75) is 25.9 Å². The van der Waals surface area contributed by atoms with Crippen LogP contribution in [0.2, 0.25) is 0 Å². The summed E-state index contributed by atoms with van der Waals surface area (Å²) in [7, 11) is 0. The fraction of sp³-hybridized carbons (Fsp3) is 0.250. The van der Waals surface area contributed by atoms with Gasteiger partial charge in [0.05, 0.1) is 23.4 Å². The van der Waals surface area contributed by atoms with E-state index in [1.54, 1.807) is 0 Å². The maximum absolute atomic E-state index is 6.34. The molecule has 5 heteroatoms. The summed E-state index contributed by atoms with van der Waals surface area (Å²) in [4.78, 5) is 4.70. The summed E-state index contributed by atoms with van der Waals surface area (Å²) in [6, 6.07) is 9.98. The number of aryl methyl sites for hydroxylation is 1. The van der Waals surface area contributed by atoms with E-state index in [2.05, 4.69) is 34.0 Å². The summed E-state index contributed by atoms with van der Waals surface area (Å²) >= 11 is 3.59. The third-order valence-electron chi connectivity index (χ3n) is 3.52. The Balaban J connectivity index is 1.89. The van der Waals surface area contributed by atoms with Crippen molar-refractivity contribution >= 4 is 26.8 Å². The van der Waals surface area contributed by atoms with E-state index in [0.29, 0.717) is 0 Å². The lowest BCUT2D eigenvalue weighted by Crippen LogP contribution is -2.15. The summed E-state index contributed by atoms with van der Waals surface area (Å²) < 4.78 is 2.86. The van der Waals surface area contributed by atoms with Crippen LogP contribution in [0, 0.1) is 0 Å². The predicted octanol–water partition coefficient (Wildman–Crippen LogP) is 3.46. The number of aromatic nitrogens is 3. The molecule has 2 heterocycles. The van der Waals surface area contributed by atoms with Gasteiger partial charge in [0.2, 0.25) is 0 Å². The molecule has 3 aromatic rings. The van der Waals surface area contributed by atoms with Crippen LogP contribution in [0.3, 0.4) is 0 Å². The molecule has 1 atom stereocenters. The Hall–Kier alpha value is -1.72. The molecule has 0 radical (unpaired) electrons. The van der Waals surface area contributed by atoms with Gasteiger partial charge in [0.25, 0.3) is 0 Å². The minimum Gasteiger partial charge on any atom is -0.322 e. The van der Waals surface area contributed by atoms with Gasteiger partial charge in [-0.3, -0.25) is 4.68 Å². The maximum Gasteiger partial charge on any atom is 0.0723 e. The van der Waals surface area contributed by atoms with Gasteiger partial charge in [-0.25, -0.2) is 4.98 Å². The Morgan fingerprint density at radius 2 is 2.14 bits per heavy atom. The number of nitrogens with two attached hydrogens (primary N) is 1.